The second-order valence-corrected chi connectivity index (χ2v) is 27.3. The second-order valence-electron chi connectivity index (χ2n) is 22.8. The number of nitrogens with one attached hydrogen (secondary N) is 7. The van der Waals surface area contributed by atoms with Crippen molar-refractivity contribution in [1.82, 2.24) is 46.0 Å². The van der Waals surface area contributed by atoms with Crippen LogP contribution in [0.2, 0.25) is 0 Å². The summed E-state index contributed by atoms with van der Waals surface area (Å²) >= 11 is 1.32. The number of benzene rings is 2. The maximum atomic E-state index is 15.3. The average Bonchev–Trinajstić information content (AvgIpc) is 1.64. The molecule has 0 bridgehead atoms. The number of hydrogen-bond acceptors (Lipinski definition) is 19. The first-order chi connectivity index (χ1) is 42.8. The number of methoxy groups -OCH3 is 2. The van der Waals surface area contributed by atoms with Gasteiger partial charge in [-0.1, -0.05) is 13.8 Å². The van der Waals surface area contributed by atoms with E-state index < -0.39 is 108 Å². The number of likely N-dealkylation sites (tertiary alicyclic amines) is 1. The highest BCUT2D eigenvalue weighted by Crippen LogP contribution is 2.49. The van der Waals surface area contributed by atoms with E-state index in [0.29, 0.717) is 12.2 Å². The number of imide groups is 1. The lowest BCUT2D eigenvalue weighted by atomic mass is 10.0. The van der Waals surface area contributed by atoms with E-state index in [-0.39, 0.29) is 187 Å². The SMILES string of the molecule is COc1cc2c(cc1OCCP(=O)(CCOc1cc3c(cc1OC)C(=O)N1C[C@H](F)C[C@H]1C(OS(=O)O)N3)N(C)CCCC(=O)NCCNC(=O)[C@@H](CCCNC(N)=O)NC(=O)[C@H](NC(=O)CCCN1C(=O)CC(S)C1=O)C(C)C)NC[C@@H]1C[C@@H](F)CN1C2=O. The minimum absolute atomic E-state index is 0.0110. The molecule has 5 aliphatic rings. The molecule has 0 aliphatic carbocycles. The van der Waals surface area contributed by atoms with E-state index in [1.54, 1.807) is 31.6 Å². The third kappa shape index (κ3) is 18.3. The molecule has 5 heterocycles. The number of carbonyl (C=O) groups is 9. The number of nitrogens with zero attached hydrogens (tertiary/aromatic N) is 4. The van der Waals surface area contributed by atoms with Gasteiger partial charge in [0, 0.05) is 95.8 Å². The van der Waals surface area contributed by atoms with Crippen LogP contribution in [0.1, 0.15) is 92.4 Å². The highest BCUT2D eigenvalue weighted by Gasteiger charge is 2.46. The van der Waals surface area contributed by atoms with Gasteiger partial charge in [-0.25, -0.2) is 17.8 Å². The zero-order chi connectivity index (χ0) is 65.6. The van der Waals surface area contributed by atoms with E-state index in [1.807, 2.05) is 0 Å². The van der Waals surface area contributed by atoms with E-state index in [1.165, 1.54) is 42.2 Å². The summed E-state index contributed by atoms with van der Waals surface area (Å²) in [5.74, 6) is -3.76. The second kappa shape index (κ2) is 32.3. The first-order valence-corrected chi connectivity index (χ1v) is 33.3. The van der Waals surface area contributed by atoms with E-state index >= 15 is 4.57 Å². The van der Waals surface area contributed by atoms with Crippen LogP contribution < -0.4 is 61.9 Å². The molecule has 0 aromatic heterocycles. The number of amides is 10. The molecule has 90 heavy (non-hydrogen) atoms. The molecule has 0 saturated carbocycles. The molecule has 3 fully saturated rings. The topological polar surface area (TPSA) is 377 Å². The summed E-state index contributed by atoms with van der Waals surface area (Å²) in [4.78, 5) is 120. The van der Waals surface area contributed by atoms with Gasteiger partial charge in [-0.3, -0.25) is 52.5 Å². The largest absolute Gasteiger partial charge is 0.493 e. The molecule has 0 spiro atoms. The number of hydrogen-bond donors (Lipinski definition) is 10. The maximum Gasteiger partial charge on any atom is 0.312 e. The summed E-state index contributed by atoms with van der Waals surface area (Å²) in [7, 11) is 0.837. The van der Waals surface area contributed by atoms with Crippen LogP contribution in [0.3, 0.4) is 0 Å². The first kappa shape index (κ1) is 70.4. The predicted molar refractivity (Wildman–Crippen MR) is 327 cm³/mol. The molecule has 2 aromatic rings. The maximum absolute atomic E-state index is 15.3. The first-order valence-electron chi connectivity index (χ1n) is 29.7. The number of primary amides is 1. The molecular weight excluding hydrogens is 1250 g/mol. The Morgan fingerprint density at radius 1 is 0.811 bits per heavy atom. The predicted octanol–water partition coefficient (Wildman–Crippen LogP) is 1.73. The van der Waals surface area contributed by atoms with Crippen LogP contribution in [0, 0.1) is 5.92 Å². The van der Waals surface area contributed by atoms with Crippen LogP contribution in [-0.4, -0.2) is 229 Å². The molecule has 0 radical (unpaired) electrons. The van der Waals surface area contributed by atoms with Crippen molar-refractivity contribution in [3.05, 3.63) is 35.4 Å². The number of alkyl halides is 2. The van der Waals surface area contributed by atoms with Crippen LogP contribution in [0.25, 0.3) is 0 Å². The van der Waals surface area contributed by atoms with Gasteiger partial charge in [0.2, 0.25) is 35.4 Å². The fraction of sp³-hybridized carbons (Fsp3) is 0.625. The van der Waals surface area contributed by atoms with Crippen molar-refractivity contribution < 1.29 is 88.4 Å². The van der Waals surface area contributed by atoms with Crippen LogP contribution in [-0.2, 0) is 48.9 Å². The normalized spacial score (nSPS) is 21.9. The summed E-state index contributed by atoms with van der Waals surface area (Å²) in [6, 6.07) is 1.64. The molecule has 10 atom stereocenters. The Labute approximate surface area is 527 Å². The van der Waals surface area contributed by atoms with Gasteiger partial charge in [0.05, 0.1) is 80.4 Å². The fourth-order valence-corrected chi connectivity index (χ4v) is 14.1. The summed E-state index contributed by atoms with van der Waals surface area (Å²) < 4.78 is 96.3. The minimum atomic E-state index is -3.52. The molecule has 10 amide bonds. The van der Waals surface area contributed by atoms with E-state index in [9.17, 15) is 60.7 Å². The Balaban J connectivity index is 0.962. The number of urea groups is 1. The lowest BCUT2D eigenvalue weighted by Crippen LogP contribution is -2.55. The van der Waals surface area contributed by atoms with Gasteiger partial charge in [-0.15, -0.1) is 0 Å². The number of nitrogens with two attached hydrogens (primary N) is 1. The Morgan fingerprint density at radius 3 is 2.04 bits per heavy atom. The number of ether oxygens (including phenoxy) is 4. The molecular formula is C56H81F2N12O17PS2. The number of thiol groups is 1. The number of anilines is 2. The Hall–Kier alpha value is -7.06. The van der Waals surface area contributed by atoms with Crippen molar-refractivity contribution in [3.63, 3.8) is 0 Å². The third-order valence-corrected chi connectivity index (χ3v) is 20.1. The van der Waals surface area contributed by atoms with Crippen molar-refractivity contribution in [1.29, 1.82) is 0 Å². The lowest BCUT2D eigenvalue weighted by Gasteiger charge is -2.29. The van der Waals surface area contributed by atoms with E-state index in [2.05, 4.69) is 49.8 Å². The zero-order valence-corrected chi connectivity index (χ0v) is 53.4. The van der Waals surface area contributed by atoms with Crippen molar-refractivity contribution >= 4 is 95.9 Å². The summed E-state index contributed by atoms with van der Waals surface area (Å²) in [6.07, 6.45) is -3.50. The number of fused-ring (bicyclic) bond motifs is 4. The lowest BCUT2D eigenvalue weighted by molar-refractivity contribution is -0.139. The molecule has 5 aliphatic heterocycles. The van der Waals surface area contributed by atoms with Crippen LogP contribution >= 0.6 is 19.9 Å². The molecule has 29 nitrogen and oxygen atoms in total. The number of halogens is 2. The quantitative estimate of drug-likeness (QED) is 0.0160. The van der Waals surface area contributed by atoms with Crippen molar-refractivity contribution in [3.8, 4) is 23.0 Å². The molecule has 4 unspecified atom stereocenters. The van der Waals surface area contributed by atoms with Gasteiger partial charge in [0.1, 0.15) is 24.4 Å². The van der Waals surface area contributed by atoms with Crippen molar-refractivity contribution in [2.75, 3.05) is 110 Å². The molecule has 3 saturated heterocycles. The minimum Gasteiger partial charge on any atom is -0.493 e. The standard InChI is InChI=1S/C56H81F2N12O17PS2/c1-31(2)49(66-47(72)11-8-16-68-48(73)27-45(89)55(68)78)51(75)64-37(9-6-12-62-56(59)79)50(74)61-14-13-60-46(71)10-7-15-67(3)88(80,19-17-85-43-25-38-35(23-41(43)83-4)53(76)69-29-32(57)21-34(69)28-63-38)20-18-86-44-26-39-36(24-42(44)84-5)54(77)70-30-33(58)22-40(70)52(65-39)87-90(81)82/h23-26,31-34,37,40,45,49,52,63,65,89H,6-22,27-30H2,1-5H3,(H,60,71)(H,61,74)(H,64,75)(H,66,72)(H,81,82)(H3,59,62,79)/t32-,33-,34+,37-,40+,45?,49-,52?,88?/m1/s1. The number of carbonyl (C=O) groups excluding carboxylic acids is 9. The van der Waals surface area contributed by atoms with Crippen LogP contribution in [0.15, 0.2) is 24.3 Å². The van der Waals surface area contributed by atoms with Gasteiger partial charge in [-0.2, -0.15) is 16.8 Å². The van der Waals surface area contributed by atoms with Gasteiger partial charge in [0.15, 0.2) is 36.5 Å². The number of rotatable bonds is 33. The Bertz CT molecular complexity index is 3070. The van der Waals surface area contributed by atoms with E-state index in [4.69, 9.17) is 28.9 Å². The Kier molecular flexibility index (Phi) is 25.3. The Morgan fingerprint density at radius 2 is 1.42 bits per heavy atom. The van der Waals surface area contributed by atoms with Crippen LogP contribution in [0.5, 0.6) is 23.0 Å². The smallest absolute Gasteiger partial charge is 0.312 e. The zero-order valence-electron chi connectivity index (χ0n) is 50.8. The summed E-state index contributed by atoms with van der Waals surface area (Å²) in [5, 5.41) is 18.7. The fourth-order valence-electron chi connectivity index (χ4n) is 11.3. The molecule has 498 valence electrons. The van der Waals surface area contributed by atoms with Gasteiger partial charge >= 0.3 is 17.4 Å². The molecule has 10 N–H and O–H groups in total. The van der Waals surface area contributed by atoms with Crippen molar-refractivity contribution in [2.45, 2.75) is 120 Å². The monoisotopic (exact) mass is 1330 g/mol. The van der Waals surface area contributed by atoms with Gasteiger partial charge in [-0.05, 0) is 50.8 Å². The highest BCUT2D eigenvalue weighted by molar-refractivity contribution is 7.81. The summed E-state index contributed by atoms with van der Waals surface area (Å²) in [5.41, 5.74) is 6.12. The molecule has 34 heteroatoms. The van der Waals surface area contributed by atoms with E-state index in [0.717, 1.165) is 4.90 Å². The summed E-state index contributed by atoms with van der Waals surface area (Å²) in [6.45, 7) is 3.20. The average molecular weight is 1330 g/mol. The molecule has 7 rings (SSSR count). The highest BCUT2D eigenvalue weighted by atomic mass is 32.2. The van der Waals surface area contributed by atoms with Gasteiger partial charge < -0.3 is 76.3 Å². The molecule has 2 aromatic carbocycles. The third-order valence-electron chi connectivity index (χ3n) is 16.1. The van der Waals surface area contributed by atoms with Gasteiger partial charge in [0.25, 0.3) is 11.8 Å². The van der Waals surface area contributed by atoms with Crippen molar-refractivity contribution in [2.24, 2.45) is 11.7 Å². The van der Waals surface area contributed by atoms with Crippen LogP contribution in [0.4, 0.5) is 25.0 Å².